The minimum absolute atomic E-state index is 0.137. The third kappa shape index (κ3) is 4.58. The highest BCUT2D eigenvalue weighted by atomic mass is 16.5. The van der Waals surface area contributed by atoms with Crippen molar-refractivity contribution >= 4 is 10.9 Å². The molecule has 3 nitrogen and oxygen atoms in total. The minimum atomic E-state index is 0.137. The molecule has 2 rings (SSSR count). The van der Waals surface area contributed by atoms with E-state index >= 15 is 0 Å². The van der Waals surface area contributed by atoms with Crippen molar-refractivity contribution < 1.29 is 4.74 Å². The molecular formula is C18H28N2O. The van der Waals surface area contributed by atoms with Gasteiger partial charge in [0.1, 0.15) is 0 Å². The Morgan fingerprint density at radius 1 is 1.19 bits per heavy atom. The number of nitrogens with zero attached hydrogens (tertiary/aromatic N) is 1. The van der Waals surface area contributed by atoms with Crippen molar-refractivity contribution in [1.29, 1.82) is 0 Å². The van der Waals surface area contributed by atoms with Gasteiger partial charge in [-0.3, -0.25) is 0 Å². The molecule has 116 valence electrons. The van der Waals surface area contributed by atoms with E-state index in [4.69, 9.17) is 4.74 Å². The van der Waals surface area contributed by atoms with Crippen LogP contribution < -0.4 is 5.32 Å². The van der Waals surface area contributed by atoms with Crippen LogP contribution in [-0.4, -0.2) is 23.3 Å². The zero-order valence-corrected chi connectivity index (χ0v) is 13.8. The van der Waals surface area contributed by atoms with E-state index in [0.29, 0.717) is 0 Å². The first-order chi connectivity index (χ1) is 10.0. The Hall–Kier alpha value is -1.32. The van der Waals surface area contributed by atoms with Gasteiger partial charge in [0.25, 0.3) is 0 Å². The van der Waals surface area contributed by atoms with E-state index < -0.39 is 0 Å². The third-order valence-corrected chi connectivity index (χ3v) is 3.57. The van der Waals surface area contributed by atoms with Gasteiger partial charge in [-0.1, -0.05) is 18.2 Å². The van der Waals surface area contributed by atoms with Crippen molar-refractivity contribution in [2.24, 2.45) is 0 Å². The Labute approximate surface area is 128 Å². The van der Waals surface area contributed by atoms with Crippen LogP contribution in [0, 0.1) is 0 Å². The van der Waals surface area contributed by atoms with Crippen LogP contribution in [0.15, 0.2) is 30.5 Å². The summed E-state index contributed by atoms with van der Waals surface area (Å²) >= 11 is 0. The monoisotopic (exact) mass is 288 g/mol. The average molecular weight is 288 g/mol. The molecule has 21 heavy (non-hydrogen) atoms. The smallest absolute Gasteiger partial charge is 0.0483 e. The van der Waals surface area contributed by atoms with Crippen LogP contribution in [0.3, 0.4) is 0 Å². The fourth-order valence-corrected chi connectivity index (χ4v) is 2.49. The van der Waals surface area contributed by atoms with Crippen molar-refractivity contribution in [3.63, 3.8) is 0 Å². The first kappa shape index (κ1) is 16.1. The predicted molar refractivity (Wildman–Crippen MR) is 89.6 cm³/mol. The molecule has 0 spiro atoms. The molecule has 1 aromatic heterocycles. The number of para-hydroxylation sites is 1. The maximum absolute atomic E-state index is 5.44. The number of hydrogen-bond acceptors (Lipinski definition) is 2. The van der Waals surface area contributed by atoms with Gasteiger partial charge in [0.05, 0.1) is 0 Å². The molecule has 0 fully saturated rings. The lowest BCUT2D eigenvalue weighted by Gasteiger charge is -2.20. The second kappa shape index (κ2) is 7.10. The van der Waals surface area contributed by atoms with Gasteiger partial charge in [-0.15, -0.1) is 0 Å². The minimum Gasteiger partial charge on any atom is -0.382 e. The summed E-state index contributed by atoms with van der Waals surface area (Å²) in [4.78, 5) is 0. The molecule has 1 aromatic carbocycles. The van der Waals surface area contributed by atoms with Gasteiger partial charge >= 0.3 is 0 Å². The predicted octanol–water partition coefficient (Wildman–Crippen LogP) is 3.96. The van der Waals surface area contributed by atoms with Crippen LogP contribution in [-0.2, 0) is 17.8 Å². The van der Waals surface area contributed by atoms with Crippen LogP contribution in [0.1, 0.15) is 39.7 Å². The molecule has 0 aliphatic heterocycles. The Morgan fingerprint density at radius 3 is 2.67 bits per heavy atom. The highest BCUT2D eigenvalue weighted by Crippen LogP contribution is 2.22. The highest BCUT2D eigenvalue weighted by Gasteiger charge is 2.12. The number of fused-ring (bicyclic) bond motifs is 1. The summed E-state index contributed by atoms with van der Waals surface area (Å²) in [5.41, 5.74) is 2.83. The van der Waals surface area contributed by atoms with Gasteiger partial charge in [0.15, 0.2) is 0 Å². The molecule has 0 saturated heterocycles. The number of rotatable bonds is 7. The lowest BCUT2D eigenvalue weighted by Crippen LogP contribution is -2.34. The van der Waals surface area contributed by atoms with Gasteiger partial charge in [-0.05, 0) is 45.7 Å². The topological polar surface area (TPSA) is 26.2 Å². The molecular weight excluding hydrogens is 260 g/mol. The van der Waals surface area contributed by atoms with Crippen molar-refractivity contribution in [2.75, 3.05) is 13.2 Å². The summed E-state index contributed by atoms with van der Waals surface area (Å²) in [7, 11) is 0. The molecule has 0 aliphatic carbocycles. The molecule has 0 unspecified atom stereocenters. The quantitative estimate of drug-likeness (QED) is 0.781. The van der Waals surface area contributed by atoms with Crippen molar-refractivity contribution in [3.8, 4) is 0 Å². The van der Waals surface area contributed by atoms with E-state index in [-0.39, 0.29) is 5.54 Å². The van der Waals surface area contributed by atoms with E-state index in [0.717, 1.165) is 32.7 Å². The largest absolute Gasteiger partial charge is 0.382 e. The first-order valence-corrected chi connectivity index (χ1v) is 7.91. The average Bonchev–Trinajstić information content (AvgIpc) is 2.79. The van der Waals surface area contributed by atoms with Crippen LogP contribution >= 0.6 is 0 Å². The molecule has 0 amide bonds. The molecule has 0 saturated carbocycles. The zero-order valence-electron chi connectivity index (χ0n) is 13.8. The summed E-state index contributed by atoms with van der Waals surface area (Å²) in [5, 5.41) is 4.93. The maximum atomic E-state index is 5.44. The van der Waals surface area contributed by atoms with E-state index in [9.17, 15) is 0 Å². The lowest BCUT2D eigenvalue weighted by molar-refractivity contribution is 0.142. The summed E-state index contributed by atoms with van der Waals surface area (Å²) in [6, 6.07) is 8.65. The fraction of sp³-hybridized carbons (Fsp3) is 0.556. The van der Waals surface area contributed by atoms with E-state index in [1.54, 1.807) is 0 Å². The van der Waals surface area contributed by atoms with E-state index in [1.165, 1.54) is 16.5 Å². The lowest BCUT2D eigenvalue weighted by atomic mass is 10.1. The molecule has 2 aromatic rings. The van der Waals surface area contributed by atoms with Gasteiger partial charge in [-0.2, -0.15) is 0 Å². The van der Waals surface area contributed by atoms with Crippen LogP contribution in [0.25, 0.3) is 10.9 Å². The number of nitrogens with one attached hydrogen (secondary N) is 1. The Balaban J connectivity index is 2.14. The number of aryl methyl sites for hydroxylation is 1. The summed E-state index contributed by atoms with van der Waals surface area (Å²) < 4.78 is 7.80. The second-order valence-electron chi connectivity index (χ2n) is 6.52. The van der Waals surface area contributed by atoms with Crippen LogP contribution in [0.2, 0.25) is 0 Å². The highest BCUT2D eigenvalue weighted by molar-refractivity contribution is 5.83. The number of aromatic nitrogens is 1. The molecule has 3 heteroatoms. The van der Waals surface area contributed by atoms with E-state index in [1.807, 2.05) is 6.92 Å². The van der Waals surface area contributed by atoms with Gasteiger partial charge in [0.2, 0.25) is 0 Å². The molecule has 0 aliphatic rings. The summed E-state index contributed by atoms with van der Waals surface area (Å²) in [6.45, 7) is 12.2. The Morgan fingerprint density at radius 2 is 1.95 bits per heavy atom. The molecule has 1 heterocycles. The zero-order chi connectivity index (χ0) is 15.3. The Kier molecular flexibility index (Phi) is 5.43. The Bertz CT molecular complexity index is 566. The van der Waals surface area contributed by atoms with Crippen molar-refractivity contribution in [3.05, 3.63) is 36.0 Å². The first-order valence-electron chi connectivity index (χ1n) is 7.91. The van der Waals surface area contributed by atoms with Gasteiger partial charge in [0, 0.05) is 48.9 Å². The van der Waals surface area contributed by atoms with Crippen molar-refractivity contribution in [2.45, 2.75) is 52.7 Å². The summed E-state index contributed by atoms with van der Waals surface area (Å²) in [6.07, 6.45) is 3.34. The standard InChI is InChI=1S/C18H28N2O/c1-5-21-12-8-11-20-14-15(13-19-18(2,3)4)16-9-6-7-10-17(16)20/h6-7,9-10,14,19H,5,8,11-13H2,1-4H3. The number of hydrogen-bond donors (Lipinski definition) is 1. The van der Waals surface area contributed by atoms with Crippen LogP contribution in [0.4, 0.5) is 0 Å². The SMILES string of the molecule is CCOCCCn1cc(CNC(C)(C)C)c2ccccc21. The fourth-order valence-electron chi connectivity index (χ4n) is 2.49. The van der Waals surface area contributed by atoms with Crippen molar-refractivity contribution in [1.82, 2.24) is 9.88 Å². The number of ether oxygens (including phenoxy) is 1. The normalized spacial score (nSPS) is 12.2. The molecule has 0 atom stereocenters. The molecule has 1 N–H and O–H groups in total. The van der Waals surface area contributed by atoms with Gasteiger partial charge in [-0.25, -0.2) is 0 Å². The third-order valence-electron chi connectivity index (χ3n) is 3.57. The van der Waals surface area contributed by atoms with Gasteiger partial charge < -0.3 is 14.6 Å². The molecule has 0 radical (unpaired) electrons. The number of benzene rings is 1. The second-order valence-corrected chi connectivity index (χ2v) is 6.52. The maximum Gasteiger partial charge on any atom is 0.0483 e. The molecule has 0 bridgehead atoms. The van der Waals surface area contributed by atoms with E-state index in [2.05, 4.69) is 61.1 Å². The summed E-state index contributed by atoms with van der Waals surface area (Å²) in [5.74, 6) is 0. The van der Waals surface area contributed by atoms with Crippen LogP contribution in [0.5, 0.6) is 0 Å².